The third-order valence-electron chi connectivity index (χ3n) is 4.52. The van der Waals surface area contributed by atoms with E-state index < -0.39 is 21.2 Å². The minimum Gasteiger partial charge on any atom is -0.469 e. The van der Waals surface area contributed by atoms with E-state index in [4.69, 9.17) is 4.74 Å². The third kappa shape index (κ3) is 2.79. The van der Waals surface area contributed by atoms with E-state index in [9.17, 15) is 13.2 Å². The topological polar surface area (TPSA) is 63.7 Å². The second-order valence-corrected chi connectivity index (χ2v) is 7.72. The van der Waals surface area contributed by atoms with Crippen molar-refractivity contribution < 1.29 is 17.9 Å². The lowest BCUT2D eigenvalue weighted by Crippen LogP contribution is -2.41. The first-order chi connectivity index (χ1) is 9.00. The third-order valence-corrected chi connectivity index (χ3v) is 6.91. The molecule has 0 N–H and O–H groups in total. The van der Waals surface area contributed by atoms with E-state index in [1.165, 1.54) is 7.11 Å². The van der Waals surface area contributed by atoms with Gasteiger partial charge in [0.15, 0.2) is 0 Å². The first kappa shape index (κ1) is 14.8. The van der Waals surface area contributed by atoms with Crippen LogP contribution in [0.15, 0.2) is 0 Å². The van der Waals surface area contributed by atoms with Crippen LogP contribution in [0.3, 0.4) is 0 Å². The maximum atomic E-state index is 12.6. The predicted molar refractivity (Wildman–Crippen MR) is 72.0 cm³/mol. The highest BCUT2D eigenvalue weighted by Gasteiger charge is 2.46. The molecule has 0 aromatic carbocycles. The number of sulfonamides is 1. The average molecular weight is 289 g/mol. The monoisotopic (exact) mass is 289 g/mol. The fourth-order valence-corrected chi connectivity index (χ4v) is 5.54. The van der Waals surface area contributed by atoms with Gasteiger partial charge >= 0.3 is 5.97 Å². The first-order valence-corrected chi connectivity index (χ1v) is 8.57. The zero-order valence-electron chi connectivity index (χ0n) is 11.7. The number of nitrogens with zero attached hydrogens (tertiary/aromatic N) is 1. The Kier molecular flexibility index (Phi) is 4.50. The number of hydrogen-bond donors (Lipinski definition) is 0. The molecule has 6 heteroatoms. The minimum atomic E-state index is -3.35. The van der Waals surface area contributed by atoms with Crippen LogP contribution in [0, 0.1) is 11.8 Å². The van der Waals surface area contributed by atoms with Crippen LogP contribution in [0.1, 0.15) is 39.0 Å². The van der Waals surface area contributed by atoms with E-state index in [-0.39, 0.29) is 5.97 Å². The fraction of sp³-hybridized carbons (Fsp3) is 0.923. The number of esters is 1. The van der Waals surface area contributed by atoms with Crippen molar-refractivity contribution in [1.29, 1.82) is 0 Å². The molecule has 1 saturated carbocycles. The molecule has 19 heavy (non-hydrogen) atoms. The van der Waals surface area contributed by atoms with Gasteiger partial charge in [-0.3, -0.25) is 4.79 Å². The Bertz CT molecular complexity index is 434. The molecule has 0 spiro atoms. The van der Waals surface area contributed by atoms with Gasteiger partial charge in [0.25, 0.3) is 0 Å². The van der Waals surface area contributed by atoms with E-state index in [0.29, 0.717) is 31.8 Å². The molecular formula is C13H23NO4S. The Balaban J connectivity index is 2.13. The van der Waals surface area contributed by atoms with Crippen LogP contribution in [-0.2, 0) is 19.6 Å². The van der Waals surface area contributed by atoms with Gasteiger partial charge in [0.2, 0.25) is 10.0 Å². The van der Waals surface area contributed by atoms with Gasteiger partial charge in [-0.25, -0.2) is 12.7 Å². The van der Waals surface area contributed by atoms with Crippen molar-refractivity contribution in [2.75, 3.05) is 20.2 Å². The Hall–Kier alpha value is -0.620. The molecule has 2 fully saturated rings. The van der Waals surface area contributed by atoms with Crippen molar-refractivity contribution >= 4 is 16.0 Å². The highest BCUT2D eigenvalue weighted by Crippen LogP contribution is 2.35. The van der Waals surface area contributed by atoms with Crippen LogP contribution < -0.4 is 0 Å². The Morgan fingerprint density at radius 2 is 2.05 bits per heavy atom. The van der Waals surface area contributed by atoms with E-state index in [0.717, 1.165) is 19.3 Å². The Morgan fingerprint density at radius 3 is 2.63 bits per heavy atom. The molecule has 2 rings (SSSR count). The maximum absolute atomic E-state index is 12.6. The number of methoxy groups -OCH3 is 1. The summed E-state index contributed by atoms with van der Waals surface area (Å²) in [5, 5.41) is -0.574. The van der Waals surface area contributed by atoms with Gasteiger partial charge in [0, 0.05) is 13.1 Å². The SMILES string of the molecule is CCC1CCN(S(=O)(=O)C2CCCC2C(=O)OC)C1. The van der Waals surface area contributed by atoms with Crippen LogP contribution in [0.5, 0.6) is 0 Å². The summed E-state index contributed by atoms with van der Waals surface area (Å²) in [6, 6.07) is 0. The Labute approximate surface area is 115 Å². The molecule has 110 valence electrons. The lowest BCUT2D eigenvalue weighted by molar-refractivity contribution is -0.145. The lowest BCUT2D eigenvalue weighted by Gasteiger charge is -2.24. The second kappa shape index (κ2) is 5.79. The van der Waals surface area contributed by atoms with Crippen LogP contribution in [0.25, 0.3) is 0 Å². The number of carbonyl (C=O) groups is 1. The molecule has 2 aliphatic rings. The van der Waals surface area contributed by atoms with E-state index in [1.807, 2.05) is 0 Å². The molecule has 3 unspecified atom stereocenters. The lowest BCUT2D eigenvalue weighted by atomic mass is 10.1. The standard InChI is InChI=1S/C13H23NO4S/c1-3-10-7-8-14(9-10)19(16,17)12-6-4-5-11(12)13(15)18-2/h10-12H,3-9H2,1-2H3. The van der Waals surface area contributed by atoms with Crippen molar-refractivity contribution in [3.05, 3.63) is 0 Å². The van der Waals surface area contributed by atoms with Gasteiger partial charge in [-0.2, -0.15) is 0 Å². The van der Waals surface area contributed by atoms with Gasteiger partial charge in [0.1, 0.15) is 0 Å². The highest BCUT2D eigenvalue weighted by atomic mass is 32.2. The van der Waals surface area contributed by atoms with Crippen LogP contribution in [0.4, 0.5) is 0 Å². The Morgan fingerprint density at radius 1 is 1.32 bits per heavy atom. The molecule has 0 bridgehead atoms. The van der Waals surface area contributed by atoms with E-state index in [1.54, 1.807) is 4.31 Å². The van der Waals surface area contributed by atoms with Crippen molar-refractivity contribution in [2.24, 2.45) is 11.8 Å². The average Bonchev–Trinajstić information content (AvgIpc) is 3.06. The van der Waals surface area contributed by atoms with Gasteiger partial charge in [-0.1, -0.05) is 19.8 Å². The largest absolute Gasteiger partial charge is 0.469 e. The van der Waals surface area contributed by atoms with Crippen molar-refractivity contribution in [2.45, 2.75) is 44.3 Å². The van der Waals surface area contributed by atoms with Crippen LogP contribution in [0.2, 0.25) is 0 Å². The van der Waals surface area contributed by atoms with E-state index >= 15 is 0 Å². The normalized spacial score (nSPS) is 32.6. The molecular weight excluding hydrogens is 266 g/mol. The summed E-state index contributed by atoms with van der Waals surface area (Å²) in [7, 11) is -2.03. The second-order valence-electron chi connectivity index (χ2n) is 5.56. The first-order valence-electron chi connectivity index (χ1n) is 7.07. The summed E-state index contributed by atoms with van der Waals surface area (Å²) in [5.74, 6) is -0.388. The summed E-state index contributed by atoms with van der Waals surface area (Å²) in [5.41, 5.74) is 0. The molecule has 1 saturated heterocycles. The molecule has 0 aromatic rings. The van der Waals surface area contributed by atoms with Crippen molar-refractivity contribution in [3.63, 3.8) is 0 Å². The summed E-state index contributed by atoms with van der Waals surface area (Å²) < 4.78 is 31.6. The molecule has 1 aliphatic heterocycles. The van der Waals surface area contributed by atoms with Gasteiger partial charge in [-0.05, 0) is 25.2 Å². The predicted octanol–water partition coefficient (Wildman–Crippen LogP) is 1.39. The van der Waals surface area contributed by atoms with Crippen LogP contribution >= 0.6 is 0 Å². The fourth-order valence-electron chi connectivity index (χ4n) is 3.26. The number of ether oxygens (including phenoxy) is 1. The molecule has 3 atom stereocenters. The number of hydrogen-bond acceptors (Lipinski definition) is 4. The number of rotatable bonds is 4. The molecule has 1 aliphatic carbocycles. The molecule has 0 radical (unpaired) electrons. The molecule has 0 amide bonds. The molecule has 1 heterocycles. The van der Waals surface area contributed by atoms with Crippen molar-refractivity contribution in [1.82, 2.24) is 4.31 Å². The van der Waals surface area contributed by atoms with Gasteiger partial charge in [-0.15, -0.1) is 0 Å². The summed E-state index contributed by atoms with van der Waals surface area (Å²) in [6.07, 6.45) is 3.94. The summed E-state index contributed by atoms with van der Waals surface area (Å²) in [4.78, 5) is 11.7. The zero-order chi connectivity index (χ0) is 14.0. The summed E-state index contributed by atoms with van der Waals surface area (Å²) in [6.45, 7) is 3.31. The molecule has 5 nitrogen and oxygen atoms in total. The van der Waals surface area contributed by atoms with Gasteiger partial charge in [0.05, 0.1) is 18.3 Å². The minimum absolute atomic E-state index is 0.377. The summed E-state index contributed by atoms with van der Waals surface area (Å²) >= 11 is 0. The zero-order valence-corrected chi connectivity index (χ0v) is 12.5. The van der Waals surface area contributed by atoms with Crippen LogP contribution in [-0.4, -0.2) is 44.1 Å². The van der Waals surface area contributed by atoms with E-state index in [2.05, 4.69) is 6.92 Å². The van der Waals surface area contributed by atoms with Gasteiger partial charge < -0.3 is 4.74 Å². The highest BCUT2D eigenvalue weighted by molar-refractivity contribution is 7.89. The van der Waals surface area contributed by atoms with Crippen molar-refractivity contribution in [3.8, 4) is 0 Å². The maximum Gasteiger partial charge on any atom is 0.310 e. The number of carbonyl (C=O) groups excluding carboxylic acids is 1. The molecule has 0 aromatic heterocycles. The quantitative estimate of drug-likeness (QED) is 0.734. The smallest absolute Gasteiger partial charge is 0.310 e.